The van der Waals surface area contributed by atoms with Crippen molar-refractivity contribution in [3.05, 3.63) is 77.4 Å². The van der Waals surface area contributed by atoms with Crippen molar-refractivity contribution in [2.24, 2.45) is 5.92 Å². The molecule has 0 bridgehead atoms. The third kappa shape index (κ3) is 3.68. The summed E-state index contributed by atoms with van der Waals surface area (Å²) in [5.74, 6) is 1.36. The van der Waals surface area contributed by atoms with Crippen LogP contribution in [0.2, 0.25) is 0 Å². The molecule has 1 aliphatic carbocycles. The summed E-state index contributed by atoms with van der Waals surface area (Å²) in [5, 5.41) is 0. The van der Waals surface area contributed by atoms with Crippen molar-refractivity contribution in [3.8, 4) is 0 Å². The number of hydrogen-bond acceptors (Lipinski definition) is 0. The number of aryl methyl sites for hydroxylation is 1. The quantitative estimate of drug-likeness (QED) is 0.613. The zero-order chi connectivity index (χ0) is 15.2. The number of benzene rings is 2. The number of rotatable bonds is 4. The second kappa shape index (κ2) is 7.45. The van der Waals surface area contributed by atoms with Gasteiger partial charge in [-0.3, -0.25) is 0 Å². The highest BCUT2D eigenvalue weighted by Gasteiger charge is 2.23. The molecule has 1 aliphatic rings. The van der Waals surface area contributed by atoms with Gasteiger partial charge in [0.1, 0.15) is 0 Å². The van der Waals surface area contributed by atoms with E-state index in [0.29, 0.717) is 5.92 Å². The third-order valence-electron chi connectivity index (χ3n) is 5.00. The monoisotopic (exact) mass is 290 g/mol. The Morgan fingerprint density at radius 3 is 2.27 bits per heavy atom. The van der Waals surface area contributed by atoms with Crippen molar-refractivity contribution in [1.29, 1.82) is 0 Å². The van der Waals surface area contributed by atoms with Gasteiger partial charge in [0.2, 0.25) is 0 Å². The fraction of sp³-hybridized carbons (Fsp3) is 0.364. The first-order chi connectivity index (χ1) is 10.8. The van der Waals surface area contributed by atoms with Crippen LogP contribution < -0.4 is 0 Å². The molecule has 0 amide bonds. The minimum absolute atomic E-state index is 0.557. The summed E-state index contributed by atoms with van der Waals surface area (Å²) < 4.78 is 0. The van der Waals surface area contributed by atoms with Crippen LogP contribution in [0.15, 0.2) is 60.7 Å². The maximum Gasteiger partial charge on any atom is 0.00522 e. The summed E-state index contributed by atoms with van der Waals surface area (Å²) in [7, 11) is 0. The number of allylic oxidation sites excluding steroid dienone is 1. The molecule has 0 heterocycles. The van der Waals surface area contributed by atoms with Crippen LogP contribution in [-0.2, 0) is 0 Å². The van der Waals surface area contributed by atoms with E-state index >= 15 is 0 Å². The SMILES string of the molecule is Cc1ccccc1C(/C=C/c1ccccc1)C1CCCCC1. The molecule has 1 unspecified atom stereocenters. The second-order valence-corrected chi connectivity index (χ2v) is 6.55. The minimum Gasteiger partial charge on any atom is -0.0761 e. The van der Waals surface area contributed by atoms with E-state index in [1.807, 2.05) is 0 Å². The van der Waals surface area contributed by atoms with Gasteiger partial charge in [0.05, 0.1) is 0 Å². The van der Waals surface area contributed by atoms with Gasteiger partial charge in [-0.15, -0.1) is 0 Å². The molecule has 2 aromatic rings. The average Bonchev–Trinajstić information content (AvgIpc) is 2.58. The Bertz CT molecular complexity index is 603. The van der Waals surface area contributed by atoms with Crippen LogP contribution in [-0.4, -0.2) is 0 Å². The van der Waals surface area contributed by atoms with Gasteiger partial charge in [0, 0.05) is 5.92 Å². The summed E-state index contributed by atoms with van der Waals surface area (Å²) in [4.78, 5) is 0. The van der Waals surface area contributed by atoms with Gasteiger partial charge in [-0.2, -0.15) is 0 Å². The van der Waals surface area contributed by atoms with Gasteiger partial charge in [0.15, 0.2) is 0 Å². The lowest BCUT2D eigenvalue weighted by Gasteiger charge is -2.29. The smallest absolute Gasteiger partial charge is 0.00522 e. The minimum atomic E-state index is 0.557. The number of hydrogen-bond donors (Lipinski definition) is 0. The lowest BCUT2D eigenvalue weighted by atomic mass is 9.75. The molecule has 1 atom stereocenters. The topological polar surface area (TPSA) is 0 Å². The highest BCUT2D eigenvalue weighted by Crippen LogP contribution is 2.38. The Labute approximate surface area is 134 Å². The predicted octanol–water partition coefficient (Wildman–Crippen LogP) is 6.37. The fourth-order valence-corrected chi connectivity index (χ4v) is 3.75. The normalized spacial score (nSPS) is 17.7. The summed E-state index contributed by atoms with van der Waals surface area (Å²) in [5.41, 5.74) is 4.24. The van der Waals surface area contributed by atoms with Gasteiger partial charge in [-0.05, 0) is 42.4 Å². The molecule has 0 saturated heterocycles. The summed E-state index contributed by atoms with van der Waals surface area (Å²) in [6, 6.07) is 19.6. The summed E-state index contributed by atoms with van der Waals surface area (Å²) in [6.07, 6.45) is 11.7. The Morgan fingerprint density at radius 2 is 1.55 bits per heavy atom. The van der Waals surface area contributed by atoms with Gasteiger partial charge in [-0.25, -0.2) is 0 Å². The summed E-state index contributed by atoms with van der Waals surface area (Å²) >= 11 is 0. The Balaban J connectivity index is 1.89. The molecule has 0 heteroatoms. The zero-order valence-electron chi connectivity index (χ0n) is 13.5. The van der Waals surface area contributed by atoms with Crippen molar-refractivity contribution < 1.29 is 0 Å². The summed E-state index contributed by atoms with van der Waals surface area (Å²) in [6.45, 7) is 2.25. The maximum absolute atomic E-state index is 2.45. The van der Waals surface area contributed by atoms with Crippen LogP contribution >= 0.6 is 0 Å². The van der Waals surface area contributed by atoms with Crippen LogP contribution in [0.25, 0.3) is 6.08 Å². The van der Waals surface area contributed by atoms with Crippen molar-refractivity contribution >= 4 is 6.08 Å². The van der Waals surface area contributed by atoms with Crippen LogP contribution in [0.1, 0.15) is 54.7 Å². The first-order valence-electron chi connectivity index (χ1n) is 8.63. The van der Waals surface area contributed by atoms with Gasteiger partial charge in [0.25, 0.3) is 0 Å². The van der Waals surface area contributed by atoms with E-state index in [4.69, 9.17) is 0 Å². The molecule has 0 N–H and O–H groups in total. The maximum atomic E-state index is 2.45. The van der Waals surface area contributed by atoms with E-state index in [1.54, 1.807) is 0 Å². The molecule has 1 fully saturated rings. The van der Waals surface area contributed by atoms with Gasteiger partial charge >= 0.3 is 0 Å². The Morgan fingerprint density at radius 1 is 0.864 bits per heavy atom. The third-order valence-corrected chi connectivity index (χ3v) is 5.00. The molecular formula is C22H26. The first-order valence-corrected chi connectivity index (χ1v) is 8.63. The van der Waals surface area contributed by atoms with E-state index in [0.717, 1.165) is 5.92 Å². The van der Waals surface area contributed by atoms with E-state index in [-0.39, 0.29) is 0 Å². The lowest BCUT2D eigenvalue weighted by Crippen LogP contribution is -2.15. The second-order valence-electron chi connectivity index (χ2n) is 6.55. The van der Waals surface area contributed by atoms with Crippen LogP contribution in [0, 0.1) is 12.8 Å². The lowest BCUT2D eigenvalue weighted by molar-refractivity contribution is 0.332. The average molecular weight is 290 g/mol. The first kappa shape index (κ1) is 15.1. The van der Waals surface area contributed by atoms with Gasteiger partial charge in [-0.1, -0.05) is 86.0 Å². The van der Waals surface area contributed by atoms with Crippen molar-refractivity contribution in [2.75, 3.05) is 0 Å². The fourth-order valence-electron chi connectivity index (χ4n) is 3.75. The molecule has 1 saturated carbocycles. The standard InChI is InChI=1S/C22H26/c1-18-10-8-9-15-21(18)22(20-13-6-3-7-14-20)17-16-19-11-4-2-5-12-19/h2,4-5,8-12,15-17,20,22H,3,6-7,13-14H2,1H3/b17-16+. The van der Waals surface area contributed by atoms with Crippen LogP contribution in [0.4, 0.5) is 0 Å². The van der Waals surface area contributed by atoms with Gasteiger partial charge < -0.3 is 0 Å². The van der Waals surface area contributed by atoms with E-state index < -0.39 is 0 Å². The van der Waals surface area contributed by atoms with E-state index in [2.05, 4.69) is 73.7 Å². The zero-order valence-corrected chi connectivity index (χ0v) is 13.5. The van der Waals surface area contributed by atoms with Crippen molar-refractivity contribution in [2.45, 2.75) is 44.9 Å². The molecular weight excluding hydrogens is 264 g/mol. The molecule has 0 aliphatic heterocycles. The van der Waals surface area contributed by atoms with Crippen LogP contribution in [0.5, 0.6) is 0 Å². The predicted molar refractivity (Wildman–Crippen MR) is 96.0 cm³/mol. The highest BCUT2D eigenvalue weighted by molar-refractivity contribution is 5.51. The molecule has 114 valence electrons. The highest BCUT2D eigenvalue weighted by atomic mass is 14.3. The van der Waals surface area contributed by atoms with E-state index in [9.17, 15) is 0 Å². The molecule has 0 aromatic heterocycles. The largest absolute Gasteiger partial charge is 0.0761 e. The van der Waals surface area contributed by atoms with Crippen molar-refractivity contribution in [1.82, 2.24) is 0 Å². The van der Waals surface area contributed by atoms with E-state index in [1.165, 1.54) is 48.8 Å². The molecule has 3 rings (SSSR count). The van der Waals surface area contributed by atoms with Crippen LogP contribution in [0.3, 0.4) is 0 Å². The Hall–Kier alpha value is -1.82. The molecule has 2 aromatic carbocycles. The molecule has 0 nitrogen and oxygen atoms in total. The molecule has 0 spiro atoms. The molecule has 22 heavy (non-hydrogen) atoms. The van der Waals surface area contributed by atoms with Crippen molar-refractivity contribution in [3.63, 3.8) is 0 Å². The Kier molecular flexibility index (Phi) is 5.11. The molecule has 0 radical (unpaired) electrons.